The summed E-state index contributed by atoms with van der Waals surface area (Å²) in [5.74, 6) is 0.618. The smallest absolute Gasteiger partial charge is 0.265 e. The van der Waals surface area contributed by atoms with Crippen molar-refractivity contribution in [1.29, 1.82) is 0 Å². The second kappa shape index (κ2) is 9.94. The summed E-state index contributed by atoms with van der Waals surface area (Å²) in [5.41, 5.74) is -0.00828. The van der Waals surface area contributed by atoms with E-state index in [1.54, 1.807) is 13.0 Å². The Balaban J connectivity index is 2.03. The van der Waals surface area contributed by atoms with Crippen LogP contribution in [0.2, 0.25) is 0 Å². The van der Waals surface area contributed by atoms with Gasteiger partial charge in [-0.15, -0.1) is 0 Å². The summed E-state index contributed by atoms with van der Waals surface area (Å²) in [7, 11) is -5.26. The molecule has 10 nitrogen and oxygen atoms in total. The largest absolute Gasteiger partial charge is 0.497 e. The molecule has 12 heteroatoms. The van der Waals surface area contributed by atoms with E-state index in [2.05, 4.69) is 4.72 Å². The van der Waals surface area contributed by atoms with Crippen molar-refractivity contribution in [1.82, 2.24) is 4.31 Å². The molecule has 0 radical (unpaired) electrons. The minimum Gasteiger partial charge on any atom is -0.497 e. The second-order valence-corrected chi connectivity index (χ2v) is 10.3. The first-order valence-electron chi connectivity index (χ1n) is 9.82. The number of methoxy groups -OCH3 is 2. The van der Waals surface area contributed by atoms with Crippen molar-refractivity contribution in [3.05, 3.63) is 36.4 Å². The van der Waals surface area contributed by atoms with Gasteiger partial charge in [-0.2, -0.15) is 4.31 Å². The molecule has 1 N–H and O–H groups in total. The molecule has 0 atom stereocenters. The fourth-order valence-corrected chi connectivity index (χ4v) is 5.84. The van der Waals surface area contributed by atoms with E-state index in [0.717, 1.165) is 0 Å². The SMILES string of the molecule is CCOc1ccc(S(=O)(=O)N2CCOCC2)cc1NS(=O)(=O)c1cc(OC)ccc1OC. The number of nitrogens with one attached hydrogen (secondary N) is 1. The van der Waals surface area contributed by atoms with Gasteiger partial charge in [-0.25, -0.2) is 16.8 Å². The van der Waals surface area contributed by atoms with Crippen LogP contribution in [0, 0.1) is 0 Å². The average Bonchev–Trinajstić information content (AvgIpc) is 2.80. The van der Waals surface area contributed by atoms with Crippen molar-refractivity contribution in [2.45, 2.75) is 16.7 Å². The number of nitrogens with zero attached hydrogens (tertiary/aromatic N) is 1. The Labute approximate surface area is 188 Å². The molecule has 1 aliphatic heterocycles. The predicted molar refractivity (Wildman–Crippen MR) is 118 cm³/mol. The number of rotatable bonds is 9. The van der Waals surface area contributed by atoms with Gasteiger partial charge < -0.3 is 18.9 Å². The molecule has 0 bridgehead atoms. The van der Waals surface area contributed by atoms with Crippen LogP contribution in [-0.2, 0) is 24.8 Å². The minimum absolute atomic E-state index is 0.00828. The highest BCUT2D eigenvalue weighted by atomic mass is 32.2. The third-order valence-corrected chi connectivity index (χ3v) is 8.04. The Morgan fingerprint density at radius 1 is 0.969 bits per heavy atom. The van der Waals surface area contributed by atoms with Gasteiger partial charge in [0, 0.05) is 19.2 Å². The number of anilines is 1. The Kier molecular flexibility index (Phi) is 7.49. The maximum absolute atomic E-state index is 13.2. The molecule has 0 unspecified atom stereocenters. The van der Waals surface area contributed by atoms with Crippen LogP contribution in [0.3, 0.4) is 0 Å². The van der Waals surface area contributed by atoms with E-state index in [9.17, 15) is 16.8 Å². The summed E-state index contributed by atoms with van der Waals surface area (Å²) in [6.45, 7) is 3.03. The van der Waals surface area contributed by atoms with Gasteiger partial charge in [-0.3, -0.25) is 4.72 Å². The first-order valence-corrected chi connectivity index (χ1v) is 12.7. The van der Waals surface area contributed by atoms with Crippen LogP contribution in [0.1, 0.15) is 6.92 Å². The van der Waals surface area contributed by atoms with Crippen LogP contribution < -0.4 is 18.9 Å². The van der Waals surface area contributed by atoms with Crippen LogP contribution in [0.4, 0.5) is 5.69 Å². The zero-order valence-electron chi connectivity index (χ0n) is 18.0. The summed E-state index contributed by atoms with van der Waals surface area (Å²) < 4.78 is 77.3. The highest BCUT2D eigenvalue weighted by Crippen LogP contribution is 2.34. The zero-order valence-corrected chi connectivity index (χ0v) is 19.7. The molecule has 2 aromatic carbocycles. The minimum atomic E-state index is -4.18. The van der Waals surface area contributed by atoms with Crippen molar-refractivity contribution in [2.24, 2.45) is 0 Å². The third-order valence-electron chi connectivity index (χ3n) is 4.76. The fourth-order valence-electron chi connectivity index (χ4n) is 3.16. The van der Waals surface area contributed by atoms with E-state index in [1.807, 2.05) is 0 Å². The van der Waals surface area contributed by atoms with Gasteiger partial charge in [-0.1, -0.05) is 0 Å². The standard InChI is InChI=1S/C20H26N2O8S2/c1-4-30-18-8-6-16(32(25,26)22-9-11-29-12-10-22)14-17(18)21-31(23,24)20-13-15(27-2)5-7-19(20)28-3/h5-8,13-14,21H,4,9-12H2,1-3H3. The molecule has 3 rings (SSSR count). The molecule has 0 spiro atoms. The molecule has 2 aromatic rings. The average molecular weight is 487 g/mol. The van der Waals surface area contributed by atoms with Gasteiger partial charge in [0.15, 0.2) is 0 Å². The summed E-state index contributed by atoms with van der Waals surface area (Å²) >= 11 is 0. The van der Waals surface area contributed by atoms with Crippen LogP contribution >= 0.6 is 0 Å². The number of sulfonamides is 2. The Hall–Kier alpha value is -2.54. The van der Waals surface area contributed by atoms with Gasteiger partial charge >= 0.3 is 0 Å². The van der Waals surface area contributed by atoms with Gasteiger partial charge in [0.25, 0.3) is 10.0 Å². The molecule has 176 valence electrons. The number of hydrogen-bond acceptors (Lipinski definition) is 8. The van der Waals surface area contributed by atoms with Crippen molar-refractivity contribution < 1.29 is 35.8 Å². The summed E-state index contributed by atoms with van der Waals surface area (Å²) in [6, 6.07) is 8.42. The molecule has 0 amide bonds. The second-order valence-electron chi connectivity index (χ2n) is 6.73. The lowest BCUT2D eigenvalue weighted by atomic mass is 10.3. The normalized spacial score (nSPS) is 15.2. The van der Waals surface area contributed by atoms with Crippen LogP contribution in [0.15, 0.2) is 46.2 Å². The quantitative estimate of drug-likeness (QED) is 0.571. The summed E-state index contributed by atoms with van der Waals surface area (Å²) in [5, 5.41) is 0. The lowest BCUT2D eigenvalue weighted by Gasteiger charge is -2.26. The maximum Gasteiger partial charge on any atom is 0.265 e. The molecule has 0 aromatic heterocycles. The summed E-state index contributed by atoms with van der Waals surface area (Å²) in [4.78, 5) is -0.221. The van der Waals surface area contributed by atoms with E-state index in [-0.39, 0.29) is 46.7 Å². The molecule has 1 heterocycles. The molecule has 0 aliphatic carbocycles. The van der Waals surface area contributed by atoms with Gasteiger partial charge in [0.2, 0.25) is 10.0 Å². The molecular formula is C20H26N2O8S2. The Morgan fingerprint density at radius 3 is 2.28 bits per heavy atom. The van der Waals surface area contributed by atoms with Crippen LogP contribution in [-0.4, -0.2) is 68.3 Å². The lowest BCUT2D eigenvalue weighted by molar-refractivity contribution is 0.0730. The van der Waals surface area contributed by atoms with E-state index >= 15 is 0 Å². The first-order chi connectivity index (χ1) is 15.2. The van der Waals surface area contributed by atoms with Crippen molar-refractivity contribution >= 4 is 25.7 Å². The Morgan fingerprint density at radius 2 is 1.66 bits per heavy atom. The number of hydrogen-bond donors (Lipinski definition) is 1. The van der Waals surface area contributed by atoms with Gasteiger partial charge in [-0.05, 0) is 37.3 Å². The molecule has 1 saturated heterocycles. The van der Waals surface area contributed by atoms with Crippen molar-refractivity contribution in [2.75, 3.05) is 51.9 Å². The zero-order chi connectivity index (χ0) is 23.4. The monoisotopic (exact) mass is 486 g/mol. The molecule has 32 heavy (non-hydrogen) atoms. The van der Waals surface area contributed by atoms with Crippen LogP contribution in [0.25, 0.3) is 0 Å². The highest BCUT2D eigenvalue weighted by Gasteiger charge is 2.28. The molecule has 1 fully saturated rings. The maximum atomic E-state index is 13.2. The molecule has 0 saturated carbocycles. The number of benzene rings is 2. The lowest BCUT2D eigenvalue weighted by Crippen LogP contribution is -2.40. The summed E-state index contributed by atoms with van der Waals surface area (Å²) in [6.07, 6.45) is 0. The molecular weight excluding hydrogens is 460 g/mol. The van der Waals surface area contributed by atoms with E-state index in [1.165, 1.54) is 48.9 Å². The highest BCUT2D eigenvalue weighted by molar-refractivity contribution is 7.93. The van der Waals surface area contributed by atoms with Crippen LogP contribution in [0.5, 0.6) is 17.2 Å². The van der Waals surface area contributed by atoms with Crippen molar-refractivity contribution in [3.8, 4) is 17.2 Å². The van der Waals surface area contributed by atoms with Gasteiger partial charge in [0.1, 0.15) is 22.1 Å². The molecule has 1 aliphatic rings. The topological polar surface area (TPSA) is 120 Å². The fraction of sp³-hybridized carbons (Fsp3) is 0.400. The first kappa shape index (κ1) is 24.1. The predicted octanol–water partition coefficient (Wildman–Crippen LogP) is 1.92. The van der Waals surface area contributed by atoms with E-state index < -0.39 is 20.0 Å². The number of ether oxygens (including phenoxy) is 4. The number of morpholine rings is 1. The van der Waals surface area contributed by atoms with E-state index in [0.29, 0.717) is 19.0 Å². The Bertz CT molecular complexity index is 1160. The van der Waals surface area contributed by atoms with Gasteiger partial charge in [0.05, 0.1) is 44.6 Å². The third kappa shape index (κ3) is 5.09. The van der Waals surface area contributed by atoms with E-state index in [4.69, 9.17) is 18.9 Å². The van der Waals surface area contributed by atoms with Crippen molar-refractivity contribution in [3.63, 3.8) is 0 Å².